The molecule has 0 saturated heterocycles. The second-order valence-corrected chi connectivity index (χ2v) is 5.91. The lowest BCUT2D eigenvalue weighted by molar-refractivity contribution is -0.119. The molecule has 2 aromatic heterocycles. The van der Waals surface area contributed by atoms with Crippen molar-refractivity contribution in [2.45, 2.75) is 19.9 Å². The quantitative estimate of drug-likeness (QED) is 0.722. The van der Waals surface area contributed by atoms with Crippen LogP contribution in [0.4, 0.5) is 11.4 Å². The highest BCUT2D eigenvalue weighted by atomic mass is 16.3. The van der Waals surface area contributed by atoms with Crippen LogP contribution in [0.25, 0.3) is 11.5 Å². The van der Waals surface area contributed by atoms with Crippen molar-refractivity contribution < 1.29 is 14.0 Å². The SMILES string of the molecule is CC(=O)Nc1cccc(NC(=O)C(C)n2nc(-c3ccco3)ccc2=O)c1. The number of amides is 2. The summed E-state index contributed by atoms with van der Waals surface area (Å²) in [5.41, 5.74) is 1.10. The van der Waals surface area contributed by atoms with E-state index in [0.29, 0.717) is 22.8 Å². The number of aromatic nitrogens is 2. The van der Waals surface area contributed by atoms with Gasteiger partial charge >= 0.3 is 0 Å². The summed E-state index contributed by atoms with van der Waals surface area (Å²) in [7, 11) is 0. The Morgan fingerprint density at radius 3 is 2.48 bits per heavy atom. The van der Waals surface area contributed by atoms with E-state index >= 15 is 0 Å². The van der Waals surface area contributed by atoms with Crippen molar-refractivity contribution in [2.75, 3.05) is 10.6 Å². The van der Waals surface area contributed by atoms with E-state index in [-0.39, 0.29) is 5.91 Å². The summed E-state index contributed by atoms with van der Waals surface area (Å²) in [6.07, 6.45) is 1.50. The molecule has 0 spiro atoms. The average Bonchev–Trinajstić information content (AvgIpc) is 3.16. The Kier molecular flexibility index (Phi) is 5.16. The van der Waals surface area contributed by atoms with Crippen LogP contribution in [-0.2, 0) is 9.59 Å². The zero-order valence-corrected chi connectivity index (χ0v) is 14.8. The van der Waals surface area contributed by atoms with E-state index in [1.165, 1.54) is 19.3 Å². The molecule has 1 atom stereocenters. The van der Waals surface area contributed by atoms with Crippen LogP contribution in [0.5, 0.6) is 0 Å². The van der Waals surface area contributed by atoms with Crippen LogP contribution >= 0.6 is 0 Å². The fraction of sp³-hybridized carbons (Fsp3) is 0.158. The van der Waals surface area contributed by atoms with Gasteiger partial charge in [0.1, 0.15) is 11.7 Å². The summed E-state index contributed by atoms with van der Waals surface area (Å²) in [5, 5.41) is 9.59. The first-order valence-electron chi connectivity index (χ1n) is 8.26. The predicted molar refractivity (Wildman–Crippen MR) is 100 cm³/mol. The van der Waals surface area contributed by atoms with Crippen LogP contribution in [0.1, 0.15) is 19.9 Å². The van der Waals surface area contributed by atoms with Gasteiger partial charge in [-0.05, 0) is 43.3 Å². The van der Waals surface area contributed by atoms with Gasteiger partial charge in [0.25, 0.3) is 5.56 Å². The molecule has 1 unspecified atom stereocenters. The van der Waals surface area contributed by atoms with E-state index in [1.807, 2.05) is 0 Å². The summed E-state index contributed by atoms with van der Waals surface area (Å²) in [4.78, 5) is 35.9. The van der Waals surface area contributed by atoms with Gasteiger partial charge in [-0.2, -0.15) is 5.10 Å². The number of furan rings is 1. The molecule has 27 heavy (non-hydrogen) atoms. The van der Waals surface area contributed by atoms with Gasteiger partial charge in [-0.25, -0.2) is 4.68 Å². The molecule has 0 bridgehead atoms. The van der Waals surface area contributed by atoms with E-state index in [2.05, 4.69) is 15.7 Å². The molecule has 0 aliphatic rings. The second kappa shape index (κ2) is 7.69. The van der Waals surface area contributed by atoms with Crippen LogP contribution in [0.15, 0.2) is 64.0 Å². The molecule has 0 saturated carbocycles. The molecule has 8 heteroatoms. The van der Waals surface area contributed by atoms with Crippen molar-refractivity contribution in [3.8, 4) is 11.5 Å². The Bertz CT molecular complexity index is 1020. The van der Waals surface area contributed by atoms with Gasteiger partial charge in [-0.1, -0.05) is 6.07 Å². The van der Waals surface area contributed by atoms with Crippen molar-refractivity contribution in [1.29, 1.82) is 0 Å². The molecule has 2 heterocycles. The summed E-state index contributed by atoms with van der Waals surface area (Å²) < 4.78 is 6.38. The highest BCUT2D eigenvalue weighted by Crippen LogP contribution is 2.18. The van der Waals surface area contributed by atoms with Gasteiger partial charge in [-0.15, -0.1) is 0 Å². The Morgan fingerprint density at radius 1 is 1.07 bits per heavy atom. The molecular weight excluding hydrogens is 348 g/mol. The first-order chi connectivity index (χ1) is 12.9. The molecule has 3 rings (SSSR count). The number of hydrogen-bond acceptors (Lipinski definition) is 5. The summed E-state index contributed by atoms with van der Waals surface area (Å²) in [5.74, 6) is -0.127. The van der Waals surface area contributed by atoms with Gasteiger partial charge < -0.3 is 15.1 Å². The molecule has 0 aliphatic heterocycles. The van der Waals surface area contributed by atoms with Crippen LogP contribution in [0, 0.1) is 0 Å². The van der Waals surface area contributed by atoms with Gasteiger partial charge in [0.2, 0.25) is 11.8 Å². The fourth-order valence-corrected chi connectivity index (χ4v) is 2.49. The monoisotopic (exact) mass is 366 g/mol. The lowest BCUT2D eigenvalue weighted by atomic mass is 10.2. The molecule has 138 valence electrons. The minimum Gasteiger partial charge on any atom is -0.463 e. The number of benzene rings is 1. The third-order valence-electron chi connectivity index (χ3n) is 3.80. The maximum absolute atomic E-state index is 12.6. The third-order valence-corrected chi connectivity index (χ3v) is 3.80. The zero-order valence-electron chi connectivity index (χ0n) is 14.8. The molecule has 2 amide bonds. The molecule has 3 aromatic rings. The lowest BCUT2D eigenvalue weighted by Crippen LogP contribution is -2.33. The highest BCUT2D eigenvalue weighted by molar-refractivity contribution is 5.95. The van der Waals surface area contributed by atoms with Crippen LogP contribution in [0.2, 0.25) is 0 Å². The number of anilines is 2. The smallest absolute Gasteiger partial charge is 0.267 e. The number of rotatable bonds is 5. The minimum absolute atomic E-state index is 0.211. The molecular formula is C19H18N4O4. The molecule has 0 aliphatic carbocycles. The fourth-order valence-electron chi connectivity index (χ4n) is 2.49. The molecule has 8 nitrogen and oxygen atoms in total. The Hall–Kier alpha value is -3.68. The van der Waals surface area contributed by atoms with Gasteiger partial charge in [0.15, 0.2) is 5.76 Å². The molecule has 0 radical (unpaired) electrons. The van der Waals surface area contributed by atoms with E-state index in [9.17, 15) is 14.4 Å². The van der Waals surface area contributed by atoms with E-state index in [4.69, 9.17) is 4.42 Å². The highest BCUT2D eigenvalue weighted by Gasteiger charge is 2.19. The largest absolute Gasteiger partial charge is 0.463 e. The standard InChI is InChI=1S/C19H18N4O4/c1-12(19(26)21-15-6-3-5-14(11-15)20-13(2)24)23-18(25)9-8-16(22-23)17-7-4-10-27-17/h3-12H,1-2H3,(H,20,24)(H,21,26). The van der Waals surface area contributed by atoms with Crippen LogP contribution in [-0.4, -0.2) is 21.6 Å². The summed E-state index contributed by atoms with van der Waals surface area (Å²) in [6, 6.07) is 12.2. The Morgan fingerprint density at radius 2 is 1.81 bits per heavy atom. The third kappa shape index (κ3) is 4.30. The zero-order chi connectivity index (χ0) is 19.4. The van der Waals surface area contributed by atoms with Crippen molar-refractivity contribution in [3.05, 3.63) is 65.1 Å². The van der Waals surface area contributed by atoms with E-state index in [1.54, 1.807) is 49.4 Å². The van der Waals surface area contributed by atoms with E-state index < -0.39 is 17.5 Å². The van der Waals surface area contributed by atoms with E-state index in [0.717, 1.165) is 4.68 Å². The minimum atomic E-state index is -0.850. The second-order valence-electron chi connectivity index (χ2n) is 5.91. The number of nitrogens with zero attached hydrogens (tertiary/aromatic N) is 2. The van der Waals surface area contributed by atoms with Crippen molar-refractivity contribution in [3.63, 3.8) is 0 Å². The average molecular weight is 366 g/mol. The van der Waals surface area contributed by atoms with Gasteiger partial charge in [0.05, 0.1) is 6.26 Å². The van der Waals surface area contributed by atoms with Crippen molar-refractivity contribution in [2.24, 2.45) is 0 Å². The number of carbonyl (C=O) groups is 2. The maximum atomic E-state index is 12.6. The molecule has 2 N–H and O–H groups in total. The first kappa shape index (κ1) is 18.1. The normalized spacial score (nSPS) is 11.6. The molecule has 0 fully saturated rings. The maximum Gasteiger partial charge on any atom is 0.267 e. The number of carbonyl (C=O) groups excluding carboxylic acids is 2. The lowest BCUT2D eigenvalue weighted by Gasteiger charge is -2.15. The van der Waals surface area contributed by atoms with Crippen molar-refractivity contribution in [1.82, 2.24) is 9.78 Å². The van der Waals surface area contributed by atoms with Gasteiger partial charge in [0, 0.05) is 24.4 Å². The summed E-state index contributed by atoms with van der Waals surface area (Å²) >= 11 is 0. The van der Waals surface area contributed by atoms with Crippen molar-refractivity contribution >= 4 is 23.2 Å². The predicted octanol–water partition coefficient (Wildman–Crippen LogP) is 2.66. The number of nitrogens with one attached hydrogen (secondary N) is 2. The first-order valence-corrected chi connectivity index (χ1v) is 8.26. The van der Waals surface area contributed by atoms with Crippen LogP contribution in [0.3, 0.4) is 0 Å². The molecule has 1 aromatic carbocycles. The topological polar surface area (TPSA) is 106 Å². The van der Waals surface area contributed by atoms with Gasteiger partial charge in [-0.3, -0.25) is 14.4 Å². The van der Waals surface area contributed by atoms with Crippen LogP contribution < -0.4 is 16.2 Å². The Balaban J connectivity index is 1.81. The number of hydrogen-bond donors (Lipinski definition) is 2. The Labute approximate surface area is 154 Å². The summed E-state index contributed by atoms with van der Waals surface area (Å²) in [6.45, 7) is 2.98.